The first kappa shape index (κ1) is 24.1. The van der Waals surface area contributed by atoms with Crippen LogP contribution in [0.4, 0.5) is 5.69 Å². The molecule has 1 heterocycles. The Bertz CT molecular complexity index is 1290. The number of para-hydroxylation sites is 2. The van der Waals surface area contributed by atoms with E-state index in [4.69, 9.17) is 16.3 Å². The monoisotopic (exact) mass is 498 g/mol. The topological polar surface area (TPSA) is 75.7 Å². The van der Waals surface area contributed by atoms with Crippen molar-refractivity contribution in [3.63, 3.8) is 0 Å². The van der Waals surface area contributed by atoms with Gasteiger partial charge >= 0.3 is 0 Å². The highest BCUT2D eigenvalue weighted by molar-refractivity contribution is 7.92. The maximum absolute atomic E-state index is 13.5. The van der Waals surface area contributed by atoms with Crippen molar-refractivity contribution in [3.05, 3.63) is 88.4 Å². The van der Waals surface area contributed by atoms with Crippen molar-refractivity contribution in [2.45, 2.75) is 44.2 Å². The average Bonchev–Trinajstić information content (AvgIpc) is 2.86. The zero-order valence-electron chi connectivity index (χ0n) is 19.1. The van der Waals surface area contributed by atoms with Crippen molar-refractivity contribution in [3.8, 4) is 5.75 Å². The number of halogens is 1. The van der Waals surface area contributed by atoms with Gasteiger partial charge in [-0.15, -0.1) is 0 Å². The molecule has 34 heavy (non-hydrogen) atoms. The number of carbonyl (C=O) groups excluding carboxylic acids is 1. The molecule has 0 bridgehead atoms. The molecule has 3 aromatic carbocycles. The number of nitrogens with one attached hydrogen (secondary N) is 1. The van der Waals surface area contributed by atoms with Gasteiger partial charge in [0.2, 0.25) is 0 Å². The quantitative estimate of drug-likeness (QED) is 0.510. The maximum Gasteiger partial charge on any atom is 0.264 e. The molecule has 1 amide bonds. The first-order valence-electron chi connectivity index (χ1n) is 11.3. The number of hydrogen-bond acceptors (Lipinski definition) is 4. The molecule has 0 saturated heterocycles. The van der Waals surface area contributed by atoms with Crippen LogP contribution in [0.3, 0.4) is 0 Å². The standard InChI is InChI=1S/C26H27ClN2O4S/c1-3-18-9-10-19(4-2)20(15-18)16-28-26(30)25-17-29(23-7-5-6-8-24(23)33-25)34(31,32)22-13-11-21(27)12-14-22/h5-15,25H,3-4,16-17H2,1-2H3,(H,28,30). The van der Waals surface area contributed by atoms with E-state index >= 15 is 0 Å². The Balaban J connectivity index is 1.58. The minimum absolute atomic E-state index is 0.0942. The molecule has 1 N–H and O–H groups in total. The first-order chi connectivity index (χ1) is 16.3. The van der Waals surface area contributed by atoms with Crippen LogP contribution in [-0.4, -0.2) is 27.0 Å². The third-order valence-electron chi connectivity index (χ3n) is 5.94. The molecular weight excluding hydrogens is 472 g/mol. The Kier molecular flexibility index (Phi) is 7.14. The largest absolute Gasteiger partial charge is 0.476 e. The Morgan fingerprint density at radius 2 is 1.76 bits per heavy atom. The van der Waals surface area contributed by atoms with Crippen molar-refractivity contribution in [1.29, 1.82) is 0 Å². The van der Waals surface area contributed by atoms with Crippen LogP contribution in [0.2, 0.25) is 5.02 Å². The molecule has 0 fully saturated rings. The molecule has 0 spiro atoms. The van der Waals surface area contributed by atoms with Crippen LogP contribution in [-0.2, 0) is 34.2 Å². The molecule has 3 aromatic rings. The number of aryl methyl sites for hydroxylation is 2. The van der Waals surface area contributed by atoms with E-state index in [1.165, 1.54) is 39.7 Å². The highest BCUT2D eigenvalue weighted by Gasteiger charge is 2.37. The minimum atomic E-state index is -3.93. The first-order valence-corrected chi connectivity index (χ1v) is 13.1. The van der Waals surface area contributed by atoms with Crippen LogP contribution in [0.1, 0.15) is 30.5 Å². The van der Waals surface area contributed by atoms with E-state index in [1.54, 1.807) is 24.3 Å². The molecule has 4 rings (SSSR count). The van der Waals surface area contributed by atoms with Gasteiger partial charge in [0.15, 0.2) is 6.10 Å². The van der Waals surface area contributed by atoms with Crippen LogP contribution in [0.25, 0.3) is 0 Å². The van der Waals surface area contributed by atoms with Crippen molar-refractivity contribution < 1.29 is 17.9 Å². The van der Waals surface area contributed by atoms with E-state index in [0.717, 1.165) is 18.4 Å². The number of amides is 1. The fourth-order valence-corrected chi connectivity index (χ4v) is 5.61. The number of sulfonamides is 1. The third-order valence-corrected chi connectivity index (χ3v) is 7.99. The molecule has 0 saturated carbocycles. The van der Waals surface area contributed by atoms with Gasteiger partial charge in [-0.3, -0.25) is 9.10 Å². The second-order valence-corrected chi connectivity index (χ2v) is 10.4. The van der Waals surface area contributed by atoms with Gasteiger partial charge in [0.25, 0.3) is 15.9 Å². The van der Waals surface area contributed by atoms with E-state index in [-0.39, 0.29) is 17.3 Å². The summed E-state index contributed by atoms with van der Waals surface area (Å²) in [4.78, 5) is 13.2. The fraction of sp³-hybridized carbons (Fsp3) is 0.269. The van der Waals surface area contributed by atoms with Crippen LogP contribution in [0.15, 0.2) is 71.6 Å². The maximum atomic E-state index is 13.5. The molecule has 0 aliphatic carbocycles. The molecule has 0 aromatic heterocycles. The lowest BCUT2D eigenvalue weighted by atomic mass is 10.0. The number of rotatable bonds is 7. The summed E-state index contributed by atoms with van der Waals surface area (Å²) in [5, 5.41) is 3.38. The van der Waals surface area contributed by atoms with E-state index in [2.05, 4.69) is 37.4 Å². The molecule has 1 atom stereocenters. The molecule has 0 radical (unpaired) electrons. The Labute approximate surface area is 205 Å². The number of benzene rings is 3. The van der Waals surface area contributed by atoms with Crippen molar-refractivity contribution in [2.75, 3.05) is 10.8 Å². The summed E-state index contributed by atoms with van der Waals surface area (Å²) in [7, 11) is -3.93. The Hall–Kier alpha value is -3.03. The zero-order valence-corrected chi connectivity index (χ0v) is 20.7. The SMILES string of the molecule is CCc1ccc(CC)c(CNC(=O)C2CN(S(=O)(=O)c3ccc(Cl)cc3)c3ccccc3O2)c1. The lowest BCUT2D eigenvalue weighted by Gasteiger charge is -2.34. The van der Waals surface area contributed by atoms with Gasteiger partial charge < -0.3 is 10.1 Å². The lowest BCUT2D eigenvalue weighted by Crippen LogP contribution is -2.50. The van der Waals surface area contributed by atoms with E-state index in [9.17, 15) is 13.2 Å². The van der Waals surface area contributed by atoms with Gasteiger partial charge in [0.05, 0.1) is 17.1 Å². The average molecular weight is 499 g/mol. The van der Waals surface area contributed by atoms with Gasteiger partial charge in [0, 0.05) is 11.6 Å². The molecular formula is C26H27ClN2O4S. The van der Waals surface area contributed by atoms with Crippen LogP contribution in [0, 0.1) is 0 Å². The number of fused-ring (bicyclic) bond motifs is 1. The summed E-state index contributed by atoms with van der Waals surface area (Å²) >= 11 is 5.94. The van der Waals surface area contributed by atoms with Gasteiger partial charge in [-0.25, -0.2) is 8.42 Å². The summed E-state index contributed by atoms with van der Waals surface area (Å²) in [5.41, 5.74) is 3.81. The molecule has 6 nitrogen and oxygen atoms in total. The summed E-state index contributed by atoms with van der Waals surface area (Å²) in [6.45, 7) is 4.38. The number of carbonyl (C=O) groups is 1. The van der Waals surface area contributed by atoms with Gasteiger partial charge in [-0.2, -0.15) is 0 Å². The Morgan fingerprint density at radius 3 is 2.47 bits per heavy atom. The predicted molar refractivity (Wildman–Crippen MR) is 134 cm³/mol. The minimum Gasteiger partial charge on any atom is -0.476 e. The van der Waals surface area contributed by atoms with Crippen molar-refractivity contribution in [1.82, 2.24) is 5.32 Å². The highest BCUT2D eigenvalue weighted by atomic mass is 35.5. The van der Waals surface area contributed by atoms with E-state index in [0.29, 0.717) is 23.0 Å². The summed E-state index contributed by atoms with van der Waals surface area (Å²) in [5.74, 6) is -0.0246. The predicted octanol–water partition coefficient (Wildman–Crippen LogP) is 4.74. The number of hydrogen-bond donors (Lipinski definition) is 1. The van der Waals surface area contributed by atoms with Crippen LogP contribution < -0.4 is 14.4 Å². The molecule has 1 aliphatic heterocycles. The van der Waals surface area contributed by atoms with Gasteiger partial charge in [-0.05, 0) is 65.9 Å². The number of ether oxygens (including phenoxy) is 1. The van der Waals surface area contributed by atoms with Gasteiger partial charge in [0.1, 0.15) is 5.75 Å². The van der Waals surface area contributed by atoms with E-state index < -0.39 is 16.1 Å². The second kappa shape index (κ2) is 10.1. The van der Waals surface area contributed by atoms with Gasteiger partial charge in [-0.1, -0.05) is 55.8 Å². The normalized spacial score (nSPS) is 15.4. The fourth-order valence-electron chi connectivity index (χ4n) is 4.01. The van der Waals surface area contributed by atoms with Crippen LogP contribution >= 0.6 is 11.6 Å². The highest BCUT2D eigenvalue weighted by Crippen LogP contribution is 2.37. The summed E-state index contributed by atoms with van der Waals surface area (Å²) < 4.78 is 34.1. The molecule has 178 valence electrons. The number of anilines is 1. The Morgan fingerprint density at radius 1 is 1.03 bits per heavy atom. The molecule has 1 unspecified atom stereocenters. The summed E-state index contributed by atoms with van der Waals surface area (Å²) in [6.07, 6.45) is 0.775. The number of nitrogens with zero attached hydrogens (tertiary/aromatic N) is 1. The zero-order chi connectivity index (χ0) is 24.3. The third kappa shape index (κ3) is 4.91. The lowest BCUT2D eigenvalue weighted by molar-refractivity contribution is -0.127. The van der Waals surface area contributed by atoms with Crippen molar-refractivity contribution >= 4 is 33.2 Å². The second-order valence-electron chi connectivity index (χ2n) is 8.09. The van der Waals surface area contributed by atoms with Crippen LogP contribution in [0.5, 0.6) is 5.75 Å². The summed E-state index contributed by atoms with van der Waals surface area (Å²) in [6, 6.07) is 19.1. The smallest absolute Gasteiger partial charge is 0.264 e. The van der Waals surface area contributed by atoms with Crippen molar-refractivity contribution in [2.24, 2.45) is 0 Å². The van der Waals surface area contributed by atoms with E-state index in [1.807, 2.05) is 0 Å². The molecule has 8 heteroatoms. The molecule has 1 aliphatic rings.